The van der Waals surface area contributed by atoms with Gasteiger partial charge in [-0.15, -0.1) is 5.92 Å². The van der Waals surface area contributed by atoms with Gasteiger partial charge in [0.05, 0.1) is 16.8 Å². The SMILES string of the molecule is CC#Cc1ccc(-c2cc(C(=O)O)ccn2)cc1C(F)(F)F. The van der Waals surface area contributed by atoms with Gasteiger partial charge in [-0.25, -0.2) is 4.79 Å². The van der Waals surface area contributed by atoms with Crippen molar-refractivity contribution in [2.24, 2.45) is 0 Å². The fraction of sp³-hybridized carbons (Fsp3) is 0.125. The number of hydrogen-bond donors (Lipinski definition) is 1. The molecular formula is C16H10F3NO2. The van der Waals surface area contributed by atoms with Gasteiger partial charge in [0.15, 0.2) is 0 Å². The van der Waals surface area contributed by atoms with Crippen molar-refractivity contribution in [3.05, 3.63) is 53.2 Å². The van der Waals surface area contributed by atoms with E-state index >= 15 is 0 Å². The molecule has 0 aliphatic rings. The largest absolute Gasteiger partial charge is 0.478 e. The van der Waals surface area contributed by atoms with Gasteiger partial charge in [-0.3, -0.25) is 4.98 Å². The van der Waals surface area contributed by atoms with Crippen LogP contribution >= 0.6 is 0 Å². The molecule has 112 valence electrons. The van der Waals surface area contributed by atoms with Crippen LogP contribution in [0.1, 0.15) is 28.4 Å². The van der Waals surface area contributed by atoms with E-state index in [2.05, 4.69) is 16.8 Å². The molecule has 1 aromatic carbocycles. The lowest BCUT2D eigenvalue weighted by atomic mass is 10.0. The molecule has 0 fully saturated rings. The van der Waals surface area contributed by atoms with Crippen molar-refractivity contribution in [3.63, 3.8) is 0 Å². The molecule has 0 aliphatic heterocycles. The number of halogens is 3. The average Bonchev–Trinajstić information content (AvgIpc) is 2.47. The molecule has 0 unspecified atom stereocenters. The topological polar surface area (TPSA) is 50.2 Å². The van der Waals surface area contributed by atoms with Crippen LogP contribution in [-0.4, -0.2) is 16.1 Å². The van der Waals surface area contributed by atoms with E-state index in [1.807, 2.05) is 0 Å². The summed E-state index contributed by atoms with van der Waals surface area (Å²) >= 11 is 0. The van der Waals surface area contributed by atoms with Crippen LogP contribution in [0.25, 0.3) is 11.3 Å². The second kappa shape index (κ2) is 5.90. The summed E-state index contributed by atoms with van der Waals surface area (Å²) in [5.74, 6) is 3.67. The Bertz CT molecular complexity index is 786. The molecule has 2 rings (SSSR count). The fourth-order valence-electron chi connectivity index (χ4n) is 1.90. The Labute approximate surface area is 124 Å². The van der Waals surface area contributed by atoms with E-state index in [4.69, 9.17) is 5.11 Å². The number of alkyl halides is 3. The predicted octanol–water partition coefficient (Wildman–Crippen LogP) is 3.84. The van der Waals surface area contributed by atoms with Gasteiger partial charge in [0.25, 0.3) is 0 Å². The predicted molar refractivity (Wildman–Crippen MR) is 74.2 cm³/mol. The quantitative estimate of drug-likeness (QED) is 0.858. The number of aromatic nitrogens is 1. The van der Waals surface area contributed by atoms with Crippen molar-refractivity contribution in [3.8, 4) is 23.1 Å². The lowest BCUT2D eigenvalue weighted by Gasteiger charge is -2.11. The molecule has 0 saturated heterocycles. The standard InChI is InChI=1S/C16H10F3NO2/c1-2-3-10-4-5-11(8-13(10)16(17,18)19)14-9-12(15(21)22)6-7-20-14/h4-9H,1H3,(H,21,22). The van der Waals surface area contributed by atoms with Crippen molar-refractivity contribution in [1.82, 2.24) is 4.98 Å². The molecule has 22 heavy (non-hydrogen) atoms. The van der Waals surface area contributed by atoms with E-state index in [0.29, 0.717) is 0 Å². The molecule has 0 amide bonds. The highest BCUT2D eigenvalue weighted by atomic mass is 19.4. The summed E-state index contributed by atoms with van der Waals surface area (Å²) in [7, 11) is 0. The molecule has 3 nitrogen and oxygen atoms in total. The fourth-order valence-corrected chi connectivity index (χ4v) is 1.90. The van der Waals surface area contributed by atoms with Gasteiger partial charge in [0.1, 0.15) is 0 Å². The monoisotopic (exact) mass is 305 g/mol. The zero-order valence-electron chi connectivity index (χ0n) is 11.4. The second-order valence-electron chi connectivity index (χ2n) is 4.37. The van der Waals surface area contributed by atoms with Gasteiger partial charge in [0.2, 0.25) is 0 Å². The molecule has 1 N–H and O–H groups in total. The summed E-state index contributed by atoms with van der Waals surface area (Å²) in [6.45, 7) is 1.45. The van der Waals surface area contributed by atoms with Gasteiger partial charge in [-0.05, 0) is 31.2 Å². The van der Waals surface area contributed by atoms with Crippen LogP contribution in [0.15, 0.2) is 36.5 Å². The third-order valence-corrected chi connectivity index (χ3v) is 2.89. The minimum atomic E-state index is -4.56. The minimum absolute atomic E-state index is 0.0454. The van der Waals surface area contributed by atoms with Crippen LogP contribution in [0.2, 0.25) is 0 Å². The molecule has 6 heteroatoms. The van der Waals surface area contributed by atoms with Crippen molar-refractivity contribution < 1.29 is 23.1 Å². The zero-order valence-corrected chi connectivity index (χ0v) is 11.4. The van der Waals surface area contributed by atoms with Crippen LogP contribution in [0.3, 0.4) is 0 Å². The minimum Gasteiger partial charge on any atom is -0.478 e. The number of nitrogens with zero attached hydrogens (tertiary/aromatic N) is 1. The van der Waals surface area contributed by atoms with Gasteiger partial charge in [0, 0.05) is 17.3 Å². The molecule has 1 aromatic heterocycles. The molecule has 0 radical (unpaired) electrons. The van der Waals surface area contributed by atoms with Crippen molar-refractivity contribution in [2.75, 3.05) is 0 Å². The first-order valence-electron chi connectivity index (χ1n) is 6.16. The van der Waals surface area contributed by atoms with Crippen LogP contribution in [-0.2, 0) is 6.18 Å². The molecular weight excluding hydrogens is 295 g/mol. The Kier molecular flexibility index (Phi) is 4.18. The van der Waals surface area contributed by atoms with E-state index < -0.39 is 17.7 Å². The summed E-state index contributed by atoms with van der Waals surface area (Å²) in [4.78, 5) is 14.8. The smallest absolute Gasteiger partial charge is 0.417 e. The first kappa shape index (κ1) is 15.6. The summed E-state index contributed by atoms with van der Waals surface area (Å²) in [5.41, 5.74) is -0.718. The number of carboxylic acids is 1. The van der Waals surface area contributed by atoms with Gasteiger partial charge < -0.3 is 5.11 Å². The number of benzene rings is 1. The van der Waals surface area contributed by atoms with Crippen LogP contribution < -0.4 is 0 Å². The highest BCUT2D eigenvalue weighted by Gasteiger charge is 2.33. The Morgan fingerprint density at radius 3 is 2.55 bits per heavy atom. The first-order chi connectivity index (χ1) is 10.3. The lowest BCUT2D eigenvalue weighted by Crippen LogP contribution is -2.08. The van der Waals surface area contributed by atoms with Crippen molar-refractivity contribution in [1.29, 1.82) is 0 Å². The van der Waals surface area contributed by atoms with Gasteiger partial charge >= 0.3 is 12.1 Å². The zero-order chi connectivity index (χ0) is 16.3. The number of rotatable bonds is 2. The Hall–Kier alpha value is -2.81. The first-order valence-corrected chi connectivity index (χ1v) is 6.16. The maximum Gasteiger partial charge on any atom is 0.417 e. The van der Waals surface area contributed by atoms with E-state index in [1.54, 1.807) is 0 Å². The Balaban J connectivity index is 2.60. The molecule has 1 heterocycles. The number of pyridine rings is 1. The Morgan fingerprint density at radius 2 is 1.95 bits per heavy atom. The normalized spacial score (nSPS) is 10.7. The molecule has 0 aliphatic carbocycles. The highest BCUT2D eigenvalue weighted by molar-refractivity contribution is 5.88. The third kappa shape index (κ3) is 3.26. The van der Waals surface area contributed by atoms with E-state index in [9.17, 15) is 18.0 Å². The van der Waals surface area contributed by atoms with Crippen LogP contribution in [0.5, 0.6) is 0 Å². The average molecular weight is 305 g/mol. The van der Waals surface area contributed by atoms with Gasteiger partial charge in [-0.1, -0.05) is 12.0 Å². The van der Waals surface area contributed by atoms with E-state index in [1.165, 1.54) is 37.4 Å². The summed E-state index contributed by atoms with van der Waals surface area (Å²) in [6, 6.07) is 6.11. The van der Waals surface area contributed by atoms with E-state index in [0.717, 1.165) is 6.07 Å². The summed E-state index contributed by atoms with van der Waals surface area (Å²) in [5, 5.41) is 8.93. The number of aromatic carboxylic acids is 1. The molecule has 2 aromatic rings. The Morgan fingerprint density at radius 1 is 1.23 bits per heavy atom. The number of hydrogen-bond acceptors (Lipinski definition) is 2. The molecule has 0 atom stereocenters. The lowest BCUT2D eigenvalue weighted by molar-refractivity contribution is -0.137. The number of carboxylic acid groups (broad SMARTS) is 1. The maximum absolute atomic E-state index is 13.1. The van der Waals surface area contributed by atoms with Gasteiger partial charge in [-0.2, -0.15) is 13.2 Å². The van der Waals surface area contributed by atoms with Crippen LogP contribution in [0.4, 0.5) is 13.2 Å². The maximum atomic E-state index is 13.1. The third-order valence-electron chi connectivity index (χ3n) is 2.89. The van der Waals surface area contributed by atoms with Crippen molar-refractivity contribution >= 4 is 5.97 Å². The molecule has 0 spiro atoms. The number of carbonyl (C=O) groups is 1. The summed E-state index contributed by atoms with van der Waals surface area (Å²) < 4.78 is 39.3. The van der Waals surface area contributed by atoms with Crippen LogP contribution in [0, 0.1) is 11.8 Å². The van der Waals surface area contributed by atoms with Crippen molar-refractivity contribution in [2.45, 2.75) is 13.1 Å². The highest BCUT2D eigenvalue weighted by Crippen LogP contribution is 2.34. The summed E-state index contributed by atoms with van der Waals surface area (Å²) in [6.07, 6.45) is -3.31. The molecule has 0 bridgehead atoms. The van der Waals surface area contributed by atoms with E-state index in [-0.39, 0.29) is 22.4 Å². The molecule has 0 saturated carbocycles. The second-order valence-corrected chi connectivity index (χ2v) is 4.37.